The smallest absolute Gasteiger partial charge is 0.252 e. The van der Waals surface area contributed by atoms with E-state index >= 15 is 0 Å². The number of thioether (sulfide) groups is 2. The second kappa shape index (κ2) is 10.4. The lowest BCUT2D eigenvalue weighted by Gasteiger charge is -2.11. The summed E-state index contributed by atoms with van der Waals surface area (Å²) in [5, 5.41) is 5.75. The Kier molecular flexibility index (Phi) is 7.62. The van der Waals surface area contributed by atoms with Crippen LogP contribution in [-0.2, 0) is 4.74 Å². The zero-order chi connectivity index (χ0) is 18.9. The third-order valence-electron chi connectivity index (χ3n) is 3.93. The first kappa shape index (κ1) is 19.8. The van der Waals surface area contributed by atoms with E-state index in [2.05, 4.69) is 10.6 Å². The van der Waals surface area contributed by atoms with E-state index in [1.807, 2.05) is 48.5 Å². The van der Waals surface area contributed by atoms with Gasteiger partial charge in [0.15, 0.2) is 0 Å². The maximum absolute atomic E-state index is 12.5. The molecule has 0 bridgehead atoms. The molecule has 5 nitrogen and oxygen atoms in total. The van der Waals surface area contributed by atoms with E-state index < -0.39 is 0 Å². The van der Waals surface area contributed by atoms with Gasteiger partial charge in [0.2, 0.25) is 0 Å². The average molecular weight is 403 g/mol. The number of fused-ring (bicyclic) bond motifs is 2. The van der Waals surface area contributed by atoms with Crippen LogP contribution in [0, 0.1) is 0 Å². The Morgan fingerprint density at radius 1 is 0.704 bits per heavy atom. The number of carbonyl (C=O) groups excluding carboxylic acids is 2. The first-order valence-corrected chi connectivity index (χ1v) is 10.8. The second-order valence-corrected chi connectivity index (χ2v) is 8.09. The van der Waals surface area contributed by atoms with Crippen molar-refractivity contribution >= 4 is 35.3 Å². The van der Waals surface area contributed by atoms with Crippen LogP contribution >= 0.6 is 23.5 Å². The van der Waals surface area contributed by atoms with E-state index in [4.69, 9.17) is 4.74 Å². The zero-order valence-corrected chi connectivity index (χ0v) is 16.5. The van der Waals surface area contributed by atoms with Gasteiger partial charge >= 0.3 is 0 Å². The molecule has 142 valence electrons. The zero-order valence-electron chi connectivity index (χ0n) is 14.9. The molecule has 1 aliphatic rings. The van der Waals surface area contributed by atoms with Gasteiger partial charge in [-0.05, 0) is 24.3 Å². The summed E-state index contributed by atoms with van der Waals surface area (Å²) in [6.45, 7) is 1.98. The van der Waals surface area contributed by atoms with Crippen LogP contribution in [0.4, 0.5) is 0 Å². The lowest BCUT2D eigenvalue weighted by molar-refractivity contribution is 0.0925. The highest BCUT2D eigenvalue weighted by Crippen LogP contribution is 2.24. The number of amides is 2. The van der Waals surface area contributed by atoms with Gasteiger partial charge < -0.3 is 15.4 Å². The monoisotopic (exact) mass is 402 g/mol. The molecular formula is C20H22N2O3S2. The molecule has 2 amide bonds. The van der Waals surface area contributed by atoms with Gasteiger partial charge in [0.25, 0.3) is 11.8 Å². The molecule has 0 radical (unpaired) electrons. The summed E-state index contributed by atoms with van der Waals surface area (Å²) in [4.78, 5) is 26.8. The maximum atomic E-state index is 12.5. The largest absolute Gasteiger partial charge is 0.380 e. The van der Waals surface area contributed by atoms with E-state index in [-0.39, 0.29) is 11.8 Å². The van der Waals surface area contributed by atoms with Gasteiger partial charge in [0.05, 0.1) is 24.3 Å². The summed E-state index contributed by atoms with van der Waals surface area (Å²) in [6.07, 6.45) is 0. The van der Waals surface area contributed by atoms with Crippen LogP contribution in [0.5, 0.6) is 0 Å². The number of carbonyl (C=O) groups is 2. The Morgan fingerprint density at radius 2 is 1.15 bits per heavy atom. The number of hydrogen-bond acceptors (Lipinski definition) is 5. The summed E-state index contributed by atoms with van der Waals surface area (Å²) in [5.74, 6) is 1.30. The minimum absolute atomic E-state index is 0.131. The summed E-state index contributed by atoms with van der Waals surface area (Å²) < 4.78 is 5.70. The van der Waals surface area contributed by atoms with Crippen LogP contribution < -0.4 is 10.6 Å². The molecule has 27 heavy (non-hydrogen) atoms. The molecule has 2 aromatic carbocycles. The van der Waals surface area contributed by atoms with Crippen molar-refractivity contribution in [3.05, 3.63) is 59.7 Å². The fourth-order valence-electron chi connectivity index (χ4n) is 2.63. The van der Waals surface area contributed by atoms with Crippen LogP contribution in [0.25, 0.3) is 0 Å². The molecule has 0 unspecified atom stereocenters. The van der Waals surface area contributed by atoms with Crippen molar-refractivity contribution in [2.45, 2.75) is 9.79 Å². The van der Waals surface area contributed by atoms with E-state index in [1.165, 1.54) is 0 Å². The summed E-state index contributed by atoms with van der Waals surface area (Å²) >= 11 is 3.23. The van der Waals surface area contributed by atoms with Crippen LogP contribution in [0.1, 0.15) is 20.7 Å². The molecule has 0 saturated carbocycles. The minimum Gasteiger partial charge on any atom is -0.380 e. The lowest BCUT2D eigenvalue weighted by atomic mass is 10.2. The highest BCUT2D eigenvalue weighted by Gasteiger charge is 2.13. The Bertz CT molecular complexity index is 733. The van der Waals surface area contributed by atoms with Crippen molar-refractivity contribution in [1.82, 2.24) is 10.6 Å². The third kappa shape index (κ3) is 5.76. The summed E-state index contributed by atoms with van der Waals surface area (Å²) in [6, 6.07) is 15.1. The first-order chi connectivity index (χ1) is 13.3. The van der Waals surface area contributed by atoms with E-state index in [0.717, 1.165) is 21.3 Å². The number of benzene rings is 2. The molecule has 0 spiro atoms. The first-order valence-electron chi connectivity index (χ1n) is 8.83. The Labute approximate surface area is 167 Å². The molecule has 0 fully saturated rings. The maximum Gasteiger partial charge on any atom is 0.252 e. The predicted molar refractivity (Wildman–Crippen MR) is 110 cm³/mol. The Hall–Kier alpha value is -1.96. The number of ether oxygens (including phenoxy) is 1. The van der Waals surface area contributed by atoms with Crippen molar-refractivity contribution in [2.24, 2.45) is 0 Å². The molecule has 3 rings (SSSR count). The summed E-state index contributed by atoms with van der Waals surface area (Å²) in [5.41, 5.74) is 1.30. The van der Waals surface area contributed by atoms with Crippen molar-refractivity contribution in [3.63, 3.8) is 0 Å². The van der Waals surface area contributed by atoms with Crippen LogP contribution in [0.15, 0.2) is 58.3 Å². The van der Waals surface area contributed by atoms with Gasteiger partial charge in [-0.15, -0.1) is 23.5 Å². The van der Waals surface area contributed by atoms with Gasteiger partial charge in [-0.3, -0.25) is 9.59 Å². The number of hydrogen-bond donors (Lipinski definition) is 2. The van der Waals surface area contributed by atoms with Gasteiger partial charge in [0.1, 0.15) is 0 Å². The van der Waals surface area contributed by atoms with Gasteiger partial charge in [-0.25, -0.2) is 0 Å². The second-order valence-electron chi connectivity index (χ2n) is 5.81. The SMILES string of the molecule is O=C1NCCNC(=O)c2ccccc2SCCOCCSc2ccccc21. The van der Waals surface area contributed by atoms with Gasteiger partial charge in [-0.2, -0.15) is 0 Å². The lowest BCUT2D eigenvalue weighted by Crippen LogP contribution is -2.35. The van der Waals surface area contributed by atoms with Gasteiger partial charge in [-0.1, -0.05) is 24.3 Å². The van der Waals surface area contributed by atoms with Crippen LogP contribution in [-0.4, -0.2) is 49.6 Å². The number of rotatable bonds is 0. The molecule has 0 saturated heterocycles. The van der Waals surface area contributed by atoms with Crippen molar-refractivity contribution < 1.29 is 14.3 Å². The quantitative estimate of drug-likeness (QED) is 0.709. The highest BCUT2D eigenvalue weighted by molar-refractivity contribution is 7.99. The molecule has 7 heteroatoms. The fraction of sp³-hybridized carbons (Fsp3) is 0.300. The van der Waals surface area contributed by atoms with Crippen molar-refractivity contribution in [1.29, 1.82) is 0 Å². The molecule has 0 aromatic heterocycles. The van der Waals surface area contributed by atoms with E-state index in [9.17, 15) is 9.59 Å². The van der Waals surface area contributed by atoms with Crippen molar-refractivity contribution in [2.75, 3.05) is 37.8 Å². The Morgan fingerprint density at radius 3 is 1.63 bits per heavy atom. The normalized spacial score (nSPS) is 17.0. The van der Waals surface area contributed by atoms with E-state index in [1.54, 1.807) is 23.5 Å². The molecule has 2 aromatic rings. The molecule has 0 aliphatic carbocycles. The molecular weight excluding hydrogens is 380 g/mol. The van der Waals surface area contributed by atoms with Crippen LogP contribution in [0.2, 0.25) is 0 Å². The molecule has 0 atom stereocenters. The Balaban J connectivity index is 1.70. The molecule has 2 N–H and O–H groups in total. The third-order valence-corrected chi connectivity index (χ3v) is 6.01. The standard InChI is InChI=1S/C20H22N2O3S2/c23-19-15-5-1-3-7-17(15)26-13-11-25-12-14-27-18-8-4-2-6-16(18)20(24)22-10-9-21-19/h1-8H,9-14H2,(H,21,23)(H,22,24). The molecule has 1 heterocycles. The highest BCUT2D eigenvalue weighted by atomic mass is 32.2. The predicted octanol–water partition coefficient (Wildman–Crippen LogP) is 3.06. The molecule has 1 aliphatic heterocycles. The topological polar surface area (TPSA) is 67.4 Å². The fourth-order valence-corrected chi connectivity index (χ4v) is 4.45. The summed E-state index contributed by atoms with van der Waals surface area (Å²) in [7, 11) is 0. The number of nitrogens with one attached hydrogen (secondary N) is 2. The van der Waals surface area contributed by atoms with Crippen LogP contribution in [0.3, 0.4) is 0 Å². The van der Waals surface area contributed by atoms with E-state index in [0.29, 0.717) is 37.4 Å². The van der Waals surface area contributed by atoms with Gasteiger partial charge in [0, 0.05) is 34.4 Å². The van der Waals surface area contributed by atoms with Crippen molar-refractivity contribution in [3.8, 4) is 0 Å². The average Bonchev–Trinajstić information content (AvgIpc) is 2.70. The minimum atomic E-state index is -0.131.